The molecule has 0 radical (unpaired) electrons. The predicted molar refractivity (Wildman–Crippen MR) is 120 cm³/mol. The van der Waals surface area contributed by atoms with Gasteiger partial charge in [0.05, 0.1) is 6.54 Å². The summed E-state index contributed by atoms with van der Waals surface area (Å²) < 4.78 is 2.06. The summed E-state index contributed by atoms with van der Waals surface area (Å²) >= 11 is 1.57. The molecule has 0 N–H and O–H groups in total. The van der Waals surface area contributed by atoms with E-state index in [0.717, 1.165) is 59.5 Å². The van der Waals surface area contributed by atoms with Crippen molar-refractivity contribution in [1.29, 1.82) is 0 Å². The summed E-state index contributed by atoms with van der Waals surface area (Å²) in [7, 11) is 0. The molecule has 3 aromatic rings. The number of thiazole rings is 1. The van der Waals surface area contributed by atoms with Gasteiger partial charge in [-0.15, -0.1) is 11.3 Å². The first-order valence-electron chi connectivity index (χ1n) is 10.1. The lowest BCUT2D eigenvalue weighted by atomic mass is 10.1. The number of Topliss-reactive ketones (excluding diaryl/α,β-unsaturated/α-hetero) is 2. The van der Waals surface area contributed by atoms with Crippen molar-refractivity contribution < 1.29 is 9.59 Å². The second-order valence-corrected chi connectivity index (χ2v) is 8.60. The van der Waals surface area contributed by atoms with Gasteiger partial charge in [-0.05, 0) is 51.1 Å². The van der Waals surface area contributed by atoms with E-state index in [1.165, 1.54) is 0 Å². The van der Waals surface area contributed by atoms with Crippen molar-refractivity contribution in [3.05, 3.63) is 64.4 Å². The number of aryl methyl sites for hydroxylation is 1. The van der Waals surface area contributed by atoms with E-state index >= 15 is 0 Å². The number of nitrogens with zero attached hydrogens (tertiary/aromatic N) is 4. The third-order valence-electron chi connectivity index (χ3n) is 5.72. The summed E-state index contributed by atoms with van der Waals surface area (Å²) in [6, 6.07) is 9.75. The molecule has 3 heterocycles. The lowest BCUT2D eigenvalue weighted by Crippen LogP contribution is -2.48. The number of carbonyl (C=O) groups is 2. The summed E-state index contributed by atoms with van der Waals surface area (Å²) in [5, 5.41) is 2.84. The van der Waals surface area contributed by atoms with E-state index in [9.17, 15) is 9.59 Å². The lowest BCUT2D eigenvalue weighted by Gasteiger charge is -2.35. The highest BCUT2D eigenvalue weighted by Gasteiger charge is 2.23. The maximum Gasteiger partial charge on any atom is 0.193 e. The van der Waals surface area contributed by atoms with Crippen molar-refractivity contribution in [2.24, 2.45) is 0 Å². The lowest BCUT2D eigenvalue weighted by molar-refractivity contribution is 0.0925. The summed E-state index contributed by atoms with van der Waals surface area (Å²) in [5.74, 6) is 0.240. The van der Waals surface area contributed by atoms with Gasteiger partial charge in [0.25, 0.3) is 0 Å². The number of benzene rings is 1. The maximum absolute atomic E-state index is 13.0. The highest BCUT2D eigenvalue weighted by Crippen LogP contribution is 2.23. The molecule has 1 aromatic carbocycles. The van der Waals surface area contributed by atoms with Crippen molar-refractivity contribution in [3.63, 3.8) is 0 Å². The number of aromatic nitrogens is 2. The van der Waals surface area contributed by atoms with E-state index in [1.54, 1.807) is 24.5 Å². The second-order valence-electron chi connectivity index (χ2n) is 7.72. The molecule has 4 rings (SSSR count). The van der Waals surface area contributed by atoms with Crippen LogP contribution in [0.1, 0.15) is 39.0 Å². The molecule has 7 heteroatoms. The number of ketones is 2. The third-order valence-corrected chi connectivity index (χ3v) is 6.48. The van der Waals surface area contributed by atoms with Crippen LogP contribution >= 0.6 is 11.3 Å². The number of anilines is 1. The Morgan fingerprint density at radius 1 is 1.07 bits per heavy atom. The van der Waals surface area contributed by atoms with Crippen LogP contribution in [-0.2, 0) is 0 Å². The number of piperazine rings is 1. The minimum absolute atomic E-state index is 0.0825. The van der Waals surface area contributed by atoms with Crippen LogP contribution in [0.15, 0.2) is 41.9 Å². The zero-order valence-electron chi connectivity index (χ0n) is 17.6. The van der Waals surface area contributed by atoms with Crippen LogP contribution < -0.4 is 4.90 Å². The zero-order chi connectivity index (χ0) is 21.3. The van der Waals surface area contributed by atoms with Gasteiger partial charge in [0, 0.05) is 66.0 Å². The van der Waals surface area contributed by atoms with Gasteiger partial charge < -0.3 is 4.90 Å². The van der Waals surface area contributed by atoms with E-state index < -0.39 is 0 Å². The van der Waals surface area contributed by atoms with Gasteiger partial charge in [-0.1, -0.05) is 0 Å². The number of carbonyl (C=O) groups excluding carboxylic acids is 2. The molecule has 0 amide bonds. The van der Waals surface area contributed by atoms with Crippen LogP contribution in [0.2, 0.25) is 0 Å². The molecule has 1 aliphatic rings. The third kappa shape index (κ3) is 4.08. The van der Waals surface area contributed by atoms with Gasteiger partial charge in [0.2, 0.25) is 0 Å². The Hall–Kier alpha value is -2.77. The first kappa shape index (κ1) is 20.5. The van der Waals surface area contributed by atoms with Gasteiger partial charge in [0.15, 0.2) is 16.7 Å². The second kappa shape index (κ2) is 8.53. The largest absolute Gasteiger partial charge is 0.369 e. The molecular formula is C23H26N4O2S. The van der Waals surface area contributed by atoms with Crippen molar-refractivity contribution >= 4 is 28.6 Å². The minimum Gasteiger partial charge on any atom is -0.369 e. The molecule has 0 saturated carbocycles. The Kier molecular flexibility index (Phi) is 5.83. The summed E-state index contributed by atoms with van der Waals surface area (Å²) in [6.45, 7) is 9.43. The average molecular weight is 423 g/mol. The molecule has 1 fully saturated rings. The molecule has 0 bridgehead atoms. The normalized spacial score (nSPS) is 14.8. The summed E-state index contributed by atoms with van der Waals surface area (Å²) in [5.41, 5.74) is 4.63. The fourth-order valence-corrected chi connectivity index (χ4v) is 4.78. The summed E-state index contributed by atoms with van der Waals surface area (Å²) in [6.07, 6.45) is 1.79. The molecule has 0 spiro atoms. The zero-order valence-corrected chi connectivity index (χ0v) is 18.4. The Labute approximate surface area is 180 Å². The Morgan fingerprint density at radius 2 is 1.77 bits per heavy atom. The van der Waals surface area contributed by atoms with Crippen LogP contribution in [0.3, 0.4) is 0 Å². The standard InChI is InChI=1S/C23H26N4O2S/c1-16-14-21(17(2)27(16)23-24-8-13-30-23)22(29)15-25-9-11-26(12-10-25)20-6-4-19(5-7-20)18(3)28/h4-8,13-14H,9-12,15H2,1-3H3. The van der Waals surface area contributed by atoms with Crippen LogP contribution in [0.4, 0.5) is 5.69 Å². The van der Waals surface area contributed by atoms with Gasteiger partial charge in [-0.2, -0.15) is 0 Å². The van der Waals surface area contributed by atoms with Crippen LogP contribution in [0.5, 0.6) is 0 Å². The minimum atomic E-state index is 0.0825. The van der Waals surface area contributed by atoms with E-state index in [1.807, 2.05) is 49.6 Å². The van der Waals surface area contributed by atoms with Gasteiger partial charge in [0.1, 0.15) is 0 Å². The Balaban J connectivity index is 1.38. The molecular weight excluding hydrogens is 396 g/mol. The first-order valence-corrected chi connectivity index (χ1v) is 11.0. The summed E-state index contributed by atoms with van der Waals surface area (Å²) in [4.78, 5) is 33.4. The highest BCUT2D eigenvalue weighted by molar-refractivity contribution is 7.12. The molecule has 2 aromatic heterocycles. The Bertz CT molecular complexity index is 1050. The predicted octanol–water partition coefficient (Wildman–Crippen LogP) is 3.76. The van der Waals surface area contributed by atoms with Crippen molar-refractivity contribution in [1.82, 2.24) is 14.5 Å². The molecule has 156 valence electrons. The van der Waals surface area contributed by atoms with E-state index in [0.29, 0.717) is 6.54 Å². The molecule has 1 saturated heterocycles. The number of hydrogen-bond acceptors (Lipinski definition) is 6. The smallest absolute Gasteiger partial charge is 0.193 e. The van der Waals surface area contributed by atoms with Gasteiger partial charge >= 0.3 is 0 Å². The molecule has 0 aliphatic carbocycles. The van der Waals surface area contributed by atoms with Gasteiger partial charge in [-0.3, -0.25) is 19.1 Å². The van der Waals surface area contributed by atoms with Crippen LogP contribution in [-0.4, -0.2) is 58.7 Å². The van der Waals surface area contributed by atoms with E-state index in [4.69, 9.17) is 0 Å². The quantitative estimate of drug-likeness (QED) is 0.566. The molecule has 0 unspecified atom stereocenters. The number of hydrogen-bond donors (Lipinski definition) is 0. The van der Waals surface area contributed by atoms with Crippen LogP contribution in [0.25, 0.3) is 5.13 Å². The SMILES string of the molecule is CC(=O)c1ccc(N2CCN(CC(=O)c3cc(C)n(-c4nccs4)c3C)CC2)cc1. The van der Waals surface area contributed by atoms with Gasteiger partial charge in [-0.25, -0.2) is 4.98 Å². The van der Waals surface area contributed by atoms with E-state index in [-0.39, 0.29) is 11.6 Å². The van der Waals surface area contributed by atoms with Crippen LogP contribution in [0, 0.1) is 13.8 Å². The van der Waals surface area contributed by atoms with Crippen molar-refractivity contribution in [2.75, 3.05) is 37.6 Å². The highest BCUT2D eigenvalue weighted by atomic mass is 32.1. The molecule has 30 heavy (non-hydrogen) atoms. The van der Waals surface area contributed by atoms with E-state index in [2.05, 4.69) is 19.4 Å². The first-order chi connectivity index (χ1) is 14.4. The fourth-order valence-electron chi connectivity index (χ4n) is 4.03. The molecule has 6 nitrogen and oxygen atoms in total. The molecule has 0 atom stereocenters. The van der Waals surface area contributed by atoms with Crippen molar-refractivity contribution in [2.45, 2.75) is 20.8 Å². The topological polar surface area (TPSA) is 58.4 Å². The molecule has 1 aliphatic heterocycles. The maximum atomic E-state index is 13.0. The fraction of sp³-hybridized carbons (Fsp3) is 0.348. The Morgan fingerprint density at radius 3 is 2.37 bits per heavy atom. The monoisotopic (exact) mass is 422 g/mol. The number of rotatable bonds is 6. The van der Waals surface area contributed by atoms with Crippen molar-refractivity contribution in [3.8, 4) is 5.13 Å². The average Bonchev–Trinajstić information content (AvgIpc) is 3.36.